The minimum atomic E-state index is -0.620. The standard InChI is InChI=1S/C24H32N8O2/c1-24(2,33)17-5-7-31(8-6-17)15-18-3-4-19-20(28-18)22(32-9-11-34-12-10-32)30-21(29-19)16-13-26-23(25)27-14-16/h3-4,13-14,17,33H,5-12,15H2,1-2H3,(H2,25,26,27). The van der Waals surface area contributed by atoms with E-state index in [1.165, 1.54) is 0 Å². The van der Waals surface area contributed by atoms with Gasteiger partial charge in [0.25, 0.3) is 0 Å². The predicted octanol–water partition coefficient (Wildman–Crippen LogP) is 1.88. The summed E-state index contributed by atoms with van der Waals surface area (Å²) in [7, 11) is 0. The number of hydrogen-bond donors (Lipinski definition) is 2. The molecule has 0 atom stereocenters. The Morgan fingerprint density at radius 1 is 1.03 bits per heavy atom. The van der Waals surface area contributed by atoms with Crippen LogP contribution in [-0.2, 0) is 11.3 Å². The van der Waals surface area contributed by atoms with Crippen molar-refractivity contribution in [3.05, 3.63) is 30.2 Å². The molecule has 10 heteroatoms. The first-order chi connectivity index (χ1) is 16.4. The maximum Gasteiger partial charge on any atom is 0.219 e. The lowest BCUT2D eigenvalue weighted by atomic mass is 9.83. The fourth-order valence-electron chi connectivity index (χ4n) is 4.73. The highest BCUT2D eigenvalue weighted by atomic mass is 16.5. The SMILES string of the molecule is CC(C)(O)C1CCN(Cc2ccc3nc(-c4cnc(N)nc4)nc(N4CCOCC4)c3n2)CC1. The van der Waals surface area contributed by atoms with E-state index in [1.54, 1.807) is 12.4 Å². The number of pyridine rings is 1. The molecule has 0 aromatic carbocycles. The summed E-state index contributed by atoms with van der Waals surface area (Å²) in [5, 5.41) is 10.3. The zero-order chi connectivity index (χ0) is 23.7. The third kappa shape index (κ3) is 4.94. The number of piperidine rings is 1. The average molecular weight is 465 g/mol. The summed E-state index contributed by atoms with van der Waals surface area (Å²) in [5.74, 6) is 1.92. The van der Waals surface area contributed by atoms with Gasteiger partial charge in [0.05, 0.1) is 35.6 Å². The molecular formula is C24H32N8O2. The number of hydrogen-bond acceptors (Lipinski definition) is 10. The van der Waals surface area contributed by atoms with Crippen LogP contribution in [-0.4, -0.2) is 79.9 Å². The normalized spacial score (nSPS) is 18.5. The molecule has 0 spiro atoms. The zero-order valence-electron chi connectivity index (χ0n) is 19.8. The average Bonchev–Trinajstić information content (AvgIpc) is 2.84. The van der Waals surface area contributed by atoms with Gasteiger partial charge in [0.1, 0.15) is 5.52 Å². The first-order valence-electron chi connectivity index (χ1n) is 11.9. The van der Waals surface area contributed by atoms with Gasteiger partial charge in [-0.3, -0.25) is 4.90 Å². The summed E-state index contributed by atoms with van der Waals surface area (Å²) in [6.07, 6.45) is 5.27. The zero-order valence-corrected chi connectivity index (χ0v) is 19.8. The van der Waals surface area contributed by atoms with Gasteiger partial charge in [-0.1, -0.05) is 0 Å². The lowest BCUT2D eigenvalue weighted by Gasteiger charge is -2.37. The van der Waals surface area contributed by atoms with Gasteiger partial charge in [0, 0.05) is 32.0 Å². The highest BCUT2D eigenvalue weighted by molar-refractivity contribution is 5.87. The largest absolute Gasteiger partial charge is 0.390 e. The Bertz CT molecular complexity index is 1130. The van der Waals surface area contributed by atoms with Crippen molar-refractivity contribution in [2.75, 3.05) is 50.0 Å². The number of nitrogens with two attached hydrogens (primary N) is 1. The van der Waals surface area contributed by atoms with Gasteiger partial charge in [0.15, 0.2) is 11.6 Å². The molecule has 0 saturated carbocycles. The van der Waals surface area contributed by atoms with Crippen LogP contribution in [0, 0.1) is 5.92 Å². The highest BCUT2D eigenvalue weighted by Crippen LogP contribution is 2.30. The first kappa shape index (κ1) is 22.8. The van der Waals surface area contributed by atoms with Crippen LogP contribution < -0.4 is 10.6 Å². The molecule has 5 rings (SSSR count). The quantitative estimate of drug-likeness (QED) is 0.578. The van der Waals surface area contributed by atoms with Crippen LogP contribution in [0.1, 0.15) is 32.4 Å². The Morgan fingerprint density at radius 2 is 1.74 bits per heavy atom. The third-order valence-corrected chi connectivity index (χ3v) is 6.79. The molecule has 180 valence electrons. The van der Waals surface area contributed by atoms with E-state index in [0.29, 0.717) is 30.5 Å². The number of aromatic nitrogens is 5. The minimum absolute atomic E-state index is 0.218. The molecule has 0 unspecified atom stereocenters. The number of fused-ring (bicyclic) bond motifs is 1. The van der Waals surface area contributed by atoms with Gasteiger partial charge in [-0.15, -0.1) is 0 Å². The molecule has 3 aromatic rings. The van der Waals surface area contributed by atoms with Crippen LogP contribution in [0.15, 0.2) is 24.5 Å². The van der Waals surface area contributed by atoms with E-state index >= 15 is 0 Å². The van der Waals surface area contributed by atoms with Crippen LogP contribution in [0.3, 0.4) is 0 Å². The molecular weight excluding hydrogens is 432 g/mol. The number of morpholine rings is 1. The second-order valence-corrected chi connectivity index (χ2v) is 9.67. The third-order valence-electron chi connectivity index (χ3n) is 6.79. The van der Waals surface area contributed by atoms with Gasteiger partial charge in [-0.2, -0.15) is 0 Å². The fraction of sp³-hybridized carbons (Fsp3) is 0.542. The second-order valence-electron chi connectivity index (χ2n) is 9.67. The summed E-state index contributed by atoms with van der Waals surface area (Å²) in [6, 6.07) is 4.07. The van der Waals surface area contributed by atoms with Crippen molar-refractivity contribution in [2.24, 2.45) is 5.92 Å². The van der Waals surface area contributed by atoms with Crippen LogP contribution in [0.4, 0.5) is 11.8 Å². The number of rotatable bonds is 5. The van der Waals surface area contributed by atoms with Crippen LogP contribution in [0.5, 0.6) is 0 Å². The smallest absolute Gasteiger partial charge is 0.219 e. The minimum Gasteiger partial charge on any atom is -0.390 e. The Balaban J connectivity index is 1.44. The number of ether oxygens (including phenoxy) is 1. The van der Waals surface area contributed by atoms with E-state index in [-0.39, 0.29) is 5.95 Å². The Hall–Kier alpha value is -2.95. The van der Waals surface area contributed by atoms with E-state index in [1.807, 2.05) is 26.0 Å². The van der Waals surface area contributed by atoms with Crippen LogP contribution in [0.2, 0.25) is 0 Å². The molecule has 3 aromatic heterocycles. The summed E-state index contributed by atoms with van der Waals surface area (Å²) in [6.45, 7) is 9.31. The van der Waals surface area contributed by atoms with Crippen molar-refractivity contribution in [3.63, 3.8) is 0 Å². The number of anilines is 2. The molecule has 3 N–H and O–H groups in total. The molecule has 2 fully saturated rings. The molecule has 2 aliphatic heterocycles. The van der Waals surface area contributed by atoms with Crippen LogP contribution in [0.25, 0.3) is 22.4 Å². The summed E-state index contributed by atoms with van der Waals surface area (Å²) in [4.78, 5) is 27.5. The molecule has 0 aliphatic carbocycles. The topological polar surface area (TPSA) is 126 Å². The molecule has 0 amide bonds. The maximum absolute atomic E-state index is 10.3. The molecule has 2 saturated heterocycles. The summed E-state index contributed by atoms with van der Waals surface area (Å²) < 4.78 is 5.55. The molecule has 0 radical (unpaired) electrons. The Labute approximate surface area is 199 Å². The lowest BCUT2D eigenvalue weighted by molar-refractivity contribution is -0.0137. The lowest BCUT2D eigenvalue weighted by Crippen LogP contribution is -2.41. The van der Waals surface area contributed by atoms with Crippen LogP contribution >= 0.6 is 0 Å². The Kier molecular flexibility index (Phi) is 6.28. The number of nitrogen functional groups attached to an aromatic ring is 1. The van der Waals surface area contributed by atoms with Gasteiger partial charge in [0.2, 0.25) is 5.95 Å². The van der Waals surface area contributed by atoms with Gasteiger partial charge >= 0.3 is 0 Å². The monoisotopic (exact) mass is 464 g/mol. The maximum atomic E-state index is 10.3. The van der Waals surface area contributed by atoms with E-state index in [0.717, 1.165) is 68.1 Å². The molecule has 34 heavy (non-hydrogen) atoms. The van der Waals surface area contributed by atoms with E-state index < -0.39 is 5.60 Å². The van der Waals surface area contributed by atoms with E-state index in [2.05, 4.69) is 19.8 Å². The molecule has 10 nitrogen and oxygen atoms in total. The molecule has 5 heterocycles. The summed E-state index contributed by atoms with van der Waals surface area (Å²) in [5.41, 5.74) is 8.32. The Morgan fingerprint density at radius 3 is 2.41 bits per heavy atom. The number of likely N-dealkylation sites (tertiary alicyclic amines) is 1. The summed E-state index contributed by atoms with van der Waals surface area (Å²) >= 11 is 0. The molecule has 0 bridgehead atoms. The highest BCUT2D eigenvalue weighted by Gasteiger charge is 2.30. The van der Waals surface area contributed by atoms with Crippen molar-refractivity contribution >= 4 is 22.8 Å². The van der Waals surface area contributed by atoms with Crippen molar-refractivity contribution in [3.8, 4) is 11.4 Å². The van der Waals surface area contributed by atoms with Crippen molar-refractivity contribution < 1.29 is 9.84 Å². The number of aliphatic hydroxyl groups is 1. The first-order valence-corrected chi connectivity index (χ1v) is 11.9. The second kappa shape index (κ2) is 9.36. The fourth-order valence-corrected chi connectivity index (χ4v) is 4.73. The van der Waals surface area contributed by atoms with Crippen molar-refractivity contribution in [1.29, 1.82) is 0 Å². The van der Waals surface area contributed by atoms with Gasteiger partial charge < -0.3 is 20.5 Å². The van der Waals surface area contributed by atoms with Gasteiger partial charge in [-0.25, -0.2) is 24.9 Å². The van der Waals surface area contributed by atoms with E-state index in [4.69, 9.17) is 25.4 Å². The van der Waals surface area contributed by atoms with Crippen molar-refractivity contribution in [1.82, 2.24) is 29.8 Å². The number of nitrogens with zero attached hydrogens (tertiary/aromatic N) is 7. The van der Waals surface area contributed by atoms with Gasteiger partial charge in [-0.05, 0) is 57.8 Å². The molecule has 2 aliphatic rings. The predicted molar refractivity (Wildman–Crippen MR) is 130 cm³/mol. The van der Waals surface area contributed by atoms with E-state index in [9.17, 15) is 5.11 Å². The van der Waals surface area contributed by atoms with Crippen molar-refractivity contribution in [2.45, 2.75) is 38.8 Å².